The molecule has 16 heavy (non-hydrogen) atoms. The third kappa shape index (κ3) is 3.08. The number of nitrogens with zero attached hydrogens (tertiary/aromatic N) is 2. The van der Waals surface area contributed by atoms with Gasteiger partial charge < -0.3 is 5.73 Å². The van der Waals surface area contributed by atoms with Gasteiger partial charge in [0.15, 0.2) is 0 Å². The van der Waals surface area contributed by atoms with Crippen LogP contribution >= 0.6 is 0 Å². The minimum absolute atomic E-state index is 0.260. The molecular weight excluding hydrogens is 198 g/mol. The van der Waals surface area contributed by atoms with Gasteiger partial charge in [-0.15, -0.1) is 0 Å². The minimum atomic E-state index is 0.260. The summed E-state index contributed by atoms with van der Waals surface area (Å²) in [6, 6.07) is 2.49. The van der Waals surface area contributed by atoms with Crippen LogP contribution in [-0.2, 0) is 19.4 Å². The van der Waals surface area contributed by atoms with Crippen LogP contribution in [0.4, 0.5) is 0 Å². The molecule has 2 atom stereocenters. The SMILES string of the molecule is CCc1cc(CC(CC)C(C)N)n(CC)n1. The zero-order valence-electron chi connectivity index (χ0n) is 11.0. The lowest BCUT2D eigenvalue weighted by molar-refractivity contribution is 0.413. The summed E-state index contributed by atoms with van der Waals surface area (Å²) in [7, 11) is 0. The highest BCUT2D eigenvalue weighted by molar-refractivity contribution is 5.11. The highest BCUT2D eigenvalue weighted by atomic mass is 15.3. The highest BCUT2D eigenvalue weighted by Gasteiger charge is 2.15. The number of nitrogens with two attached hydrogens (primary N) is 1. The molecule has 0 fully saturated rings. The number of aryl methyl sites for hydroxylation is 2. The number of aromatic nitrogens is 2. The monoisotopic (exact) mass is 223 g/mol. The summed E-state index contributed by atoms with van der Waals surface area (Å²) in [5.41, 5.74) is 8.52. The van der Waals surface area contributed by atoms with Gasteiger partial charge >= 0.3 is 0 Å². The molecule has 0 aromatic carbocycles. The maximum Gasteiger partial charge on any atom is 0.0624 e. The first kappa shape index (κ1) is 13.2. The predicted molar refractivity (Wildman–Crippen MR) is 68.4 cm³/mol. The van der Waals surface area contributed by atoms with Gasteiger partial charge in [-0.2, -0.15) is 5.10 Å². The Balaban J connectivity index is 2.81. The van der Waals surface area contributed by atoms with E-state index in [1.165, 1.54) is 11.4 Å². The maximum atomic E-state index is 6.00. The van der Waals surface area contributed by atoms with Crippen LogP contribution in [0.5, 0.6) is 0 Å². The predicted octanol–water partition coefficient (Wildman–Crippen LogP) is 2.38. The molecule has 0 aliphatic rings. The Labute approximate surface area is 99.0 Å². The molecular formula is C13H25N3. The van der Waals surface area contributed by atoms with E-state index in [2.05, 4.69) is 43.5 Å². The standard InChI is InChI=1S/C13H25N3/c1-5-11(10(4)14)8-13-9-12(6-2)15-16(13)7-3/h9-11H,5-8,14H2,1-4H3. The average Bonchev–Trinajstić information content (AvgIpc) is 2.67. The lowest BCUT2D eigenvalue weighted by Crippen LogP contribution is -2.28. The van der Waals surface area contributed by atoms with E-state index in [1.54, 1.807) is 0 Å². The molecule has 0 bridgehead atoms. The summed E-state index contributed by atoms with van der Waals surface area (Å²) < 4.78 is 2.11. The quantitative estimate of drug-likeness (QED) is 0.804. The lowest BCUT2D eigenvalue weighted by atomic mass is 9.93. The fourth-order valence-electron chi connectivity index (χ4n) is 2.10. The Morgan fingerprint density at radius 2 is 2.06 bits per heavy atom. The molecule has 0 radical (unpaired) electrons. The lowest BCUT2D eigenvalue weighted by Gasteiger charge is -2.19. The van der Waals surface area contributed by atoms with Gasteiger partial charge in [0.05, 0.1) is 5.69 Å². The van der Waals surface area contributed by atoms with E-state index in [-0.39, 0.29) is 6.04 Å². The third-order valence-electron chi connectivity index (χ3n) is 3.31. The molecule has 3 heteroatoms. The van der Waals surface area contributed by atoms with Crippen molar-refractivity contribution in [3.8, 4) is 0 Å². The molecule has 0 saturated carbocycles. The molecule has 0 saturated heterocycles. The Hall–Kier alpha value is -0.830. The fourth-order valence-corrected chi connectivity index (χ4v) is 2.10. The van der Waals surface area contributed by atoms with Gasteiger partial charge in [0.2, 0.25) is 0 Å². The molecule has 0 aliphatic heterocycles. The van der Waals surface area contributed by atoms with Crippen molar-refractivity contribution in [1.29, 1.82) is 0 Å². The van der Waals surface area contributed by atoms with E-state index in [4.69, 9.17) is 5.73 Å². The number of hydrogen-bond acceptors (Lipinski definition) is 2. The Morgan fingerprint density at radius 1 is 1.38 bits per heavy atom. The molecule has 0 spiro atoms. The van der Waals surface area contributed by atoms with E-state index < -0.39 is 0 Å². The fraction of sp³-hybridized carbons (Fsp3) is 0.769. The van der Waals surface area contributed by atoms with E-state index in [9.17, 15) is 0 Å². The molecule has 3 nitrogen and oxygen atoms in total. The van der Waals surface area contributed by atoms with Gasteiger partial charge in [0.25, 0.3) is 0 Å². The molecule has 0 aliphatic carbocycles. The van der Waals surface area contributed by atoms with Crippen molar-refractivity contribution in [3.05, 3.63) is 17.5 Å². The zero-order chi connectivity index (χ0) is 12.1. The van der Waals surface area contributed by atoms with E-state index >= 15 is 0 Å². The van der Waals surface area contributed by atoms with Crippen LogP contribution in [0, 0.1) is 5.92 Å². The zero-order valence-corrected chi connectivity index (χ0v) is 11.0. The van der Waals surface area contributed by atoms with Crippen molar-refractivity contribution < 1.29 is 0 Å². The molecule has 1 aromatic rings. The summed E-state index contributed by atoms with van der Waals surface area (Å²) in [5, 5.41) is 4.57. The molecule has 2 N–H and O–H groups in total. The van der Waals surface area contributed by atoms with Crippen molar-refractivity contribution >= 4 is 0 Å². The van der Waals surface area contributed by atoms with Crippen LogP contribution in [-0.4, -0.2) is 15.8 Å². The molecule has 1 aromatic heterocycles. The second kappa shape index (κ2) is 6.04. The summed E-state index contributed by atoms with van der Waals surface area (Å²) in [6.07, 6.45) is 3.19. The molecule has 1 rings (SSSR count). The van der Waals surface area contributed by atoms with E-state index in [0.717, 1.165) is 25.8 Å². The van der Waals surface area contributed by atoms with Crippen molar-refractivity contribution in [3.63, 3.8) is 0 Å². The van der Waals surface area contributed by atoms with Gasteiger partial charge in [0.1, 0.15) is 0 Å². The van der Waals surface area contributed by atoms with Crippen LogP contribution in [0.25, 0.3) is 0 Å². The van der Waals surface area contributed by atoms with Crippen LogP contribution in [0.2, 0.25) is 0 Å². The number of hydrogen-bond donors (Lipinski definition) is 1. The van der Waals surface area contributed by atoms with Crippen molar-refractivity contribution in [1.82, 2.24) is 9.78 Å². The third-order valence-corrected chi connectivity index (χ3v) is 3.31. The summed E-state index contributed by atoms with van der Waals surface area (Å²) in [4.78, 5) is 0. The summed E-state index contributed by atoms with van der Waals surface area (Å²) >= 11 is 0. The second-order valence-corrected chi connectivity index (χ2v) is 4.53. The van der Waals surface area contributed by atoms with Crippen LogP contribution in [0.15, 0.2) is 6.07 Å². The summed E-state index contributed by atoms with van der Waals surface area (Å²) in [6.45, 7) is 9.55. The Morgan fingerprint density at radius 3 is 2.50 bits per heavy atom. The molecule has 2 unspecified atom stereocenters. The van der Waals surface area contributed by atoms with Gasteiger partial charge in [0, 0.05) is 18.3 Å². The second-order valence-electron chi connectivity index (χ2n) is 4.53. The first-order chi connectivity index (χ1) is 7.62. The first-order valence-electron chi connectivity index (χ1n) is 6.43. The summed E-state index contributed by atoms with van der Waals surface area (Å²) in [5.74, 6) is 0.562. The normalized spacial score (nSPS) is 15.1. The maximum absolute atomic E-state index is 6.00. The van der Waals surface area contributed by atoms with E-state index in [1.807, 2.05) is 0 Å². The molecule has 0 amide bonds. The van der Waals surface area contributed by atoms with Gasteiger partial charge in [-0.1, -0.05) is 20.3 Å². The minimum Gasteiger partial charge on any atom is -0.328 e. The number of rotatable bonds is 6. The van der Waals surface area contributed by atoms with E-state index in [0.29, 0.717) is 5.92 Å². The van der Waals surface area contributed by atoms with Crippen LogP contribution in [0.3, 0.4) is 0 Å². The van der Waals surface area contributed by atoms with Crippen molar-refractivity contribution in [2.24, 2.45) is 11.7 Å². The average molecular weight is 223 g/mol. The Kier molecular flexibility index (Phi) is 5.00. The molecule has 1 heterocycles. The Bertz CT molecular complexity index is 315. The topological polar surface area (TPSA) is 43.8 Å². The van der Waals surface area contributed by atoms with Gasteiger partial charge in [-0.3, -0.25) is 4.68 Å². The van der Waals surface area contributed by atoms with Crippen LogP contribution in [0.1, 0.15) is 45.5 Å². The van der Waals surface area contributed by atoms with Crippen LogP contribution < -0.4 is 5.73 Å². The highest BCUT2D eigenvalue weighted by Crippen LogP contribution is 2.16. The van der Waals surface area contributed by atoms with Gasteiger partial charge in [-0.05, 0) is 38.7 Å². The molecule has 92 valence electrons. The van der Waals surface area contributed by atoms with Crippen molar-refractivity contribution in [2.75, 3.05) is 0 Å². The largest absolute Gasteiger partial charge is 0.328 e. The first-order valence-corrected chi connectivity index (χ1v) is 6.43. The van der Waals surface area contributed by atoms with Crippen molar-refractivity contribution in [2.45, 2.75) is 59.5 Å². The smallest absolute Gasteiger partial charge is 0.0624 e. The van der Waals surface area contributed by atoms with Gasteiger partial charge in [-0.25, -0.2) is 0 Å².